The molecule has 2 heterocycles. The normalized spacial score (nSPS) is 11.9. The summed E-state index contributed by atoms with van der Waals surface area (Å²) in [7, 11) is 1.31. The maximum Gasteiger partial charge on any atom is 0.437 e. The number of alkyl halides is 3. The first-order chi connectivity index (χ1) is 15.8. The highest BCUT2D eigenvalue weighted by Gasteiger charge is 2.37. The quantitative estimate of drug-likeness (QED) is 0.274. The number of rotatable bonds is 8. The zero-order chi connectivity index (χ0) is 23.6. The summed E-state index contributed by atoms with van der Waals surface area (Å²) in [6.45, 7) is 2.73. The number of esters is 1. The van der Waals surface area contributed by atoms with E-state index < -0.39 is 17.8 Å². The van der Waals surface area contributed by atoms with Crippen LogP contribution in [0.2, 0.25) is 0 Å². The van der Waals surface area contributed by atoms with Gasteiger partial charge in [0.1, 0.15) is 11.3 Å². The molecule has 4 rings (SSSR count). The van der Waals surface area contributed by atoms with E-state index in [-0.39, 0.29) is 11.0 Å². The minimum atomic E-state index is -4.59. The predicted octanol–water partition coefficient (Wildman–Crippen LogP) is 4.80. The van der Waals surface area contributed by atoms with Crippen LogP contribution in [0.15, 0.2) is 34.9 Å². The fourth-order valence-corrected chi connectivity index (χ4v) is 3.65. The Balaban J connectivity index is 1.46. The van der Waals surface area contributed by atoms with E-state index in [0.29, 0.717) is 54.8 Å². The number of hydrogen-bond acceptors (Lipinski definition) is 7. The average Bonchev–Trinajstić information content (AvgIpc) is 3.41. The first-order valence-electron chi connectivity index (χ1n) is 10.4. The van der Waals surface area contributed by atoms with Gasteiger partial charge in [0, 0.05) is 18.5 Å². The number of hydrogen-bond donors (Lipinski definition) is 0. The lowest BCUT2D eigenvalue weighted by Crippen LogP contribution is -2.08. The van der Waals surface area contributed by atoms with Gasteiger partial charge in [-0.2, -0.15) is 13.2 Å². The first-order valence-corrected chi connectivity index (χ1v) is 10.4. The largest absolute Gasteiger partial charge is 0.493 e. The van der Waals surface area contributed by atoms with Gasteiger partial charge in [0.05, 0.1) is 30.2 Å². The van der Waals surface area contributed by atoms with Crippen molar-refractivity contribution >= 4 is 28.0 Å². The van der Waals surface area contributed by atoms with Crippen molar-refractivity contribution in [2.75, 3.05) is 13.7 Å². The van der Waals surface area contributed by atoms with E-state index in [9.17, 15) is 18.0 Å². The third kappa shape index (κ3) is 4.48. The van der Waals surface area contributed by atoms with E-state index in [2.05, 4.69) is 15.5 Å². The Kier molecular flexibility index (Phi) is 6.21. The summed E-state index contributed by atoms with van der Waals surface area (Å²) in [6, 6.07) is 7.85. The molecule has 4 aromatic rings. The molecule has 0 fully saturated rings. The van der Waals surface area contributed by atoms with Crippen LogP contribution in [-0.4, -0.2) is 39.8 Å². The molecule has 0 unspecified atom stereocenters. The van der Waals surface area contributed by atoms with Crippen LogP contribution in [0.1, 0.15) is 41.4 Å². The zero-order valence-electron chi connectivity index (χ0n) is 18.0. The van der Waals surface area contributed by atoms with Crippen LogP contribution >= 0.6 is 0 Å². The van der Waals surface area contributed by atoms with Crippen LogP contribution in [0.5, 0.6) is 5.75 Å². The molecule has 0 amide bonds. The van der Waals surface area contributed by atoms with Crippen LogP contribution in [0.4, 0.5) is 13.2 Å². The third-order valence-electron chi connectivity index (χ3n) is 5.18. The number of ether oxygens (including phenoxy) is 2. The lowest BCUT2D eigenvalue weighted by Gasteiger charge is -2.12. The minimum absolute atomic E-state index is 0.0706. The number of carbonyl (C=O) groups is 1. The number of carbonyl (C=O) groups excluding carboxylic acids is 1. The van der Waals surface area contributed by atoms with Crippen molar-refractivity contribution in [1.82, 2.24) is 20.2 Å². The van der Waals surface area contributed by atoms with Crippen LogP contribution in [0, 0.1) is 0 Å². The second-order valence-electron chi connectivity index (χ2n) is 7.41. The maximum atomic E-state index is 13.2. The molecular weight excluding hydrogens is 441 g/mol. The summed E-state index contributed by atoms with van der Waals surface area (Å²) in [4.78, 5) is 11.7. The molecule has 11 heteroatoms. The monoisotopic (exact) mass is 462 g/mol. The van der Waals surface area contributed by atoms with Gasteiger partial charge in [-0.25, -0.2) is 9.48 Å². The van der Waals surface area contributed by atoms with E-state index in [1.165, 1.54) is 19.2 Å². The third-order valence-corrected chi connectivity index (χ3v) is 5.18. The molecule has 0 bridgehead atoms. The standard InChI is InChI=1S/C22H21F3N4O4/c1-3-5-14-18(9-7-15-19(14)33-27-20(15)22(23,24)25)32-11-4-10-29-17-8-6-13(21(30)31-2)12-16(17)26-28-29/h6-9,12H,3-5,10-11H2,1-2H3. The Morgan fingerprint density at radius 1 is 1.21 bits per heavy atom. The first kappa shape index (κ1) is 22.6. The van der Waals surface area contributed by atoms with Crippen LogP contribution < -0.4 is 4.74 Å². The van der Waals surface area contributed by atoms with Crippen LogP contribution in [0.25, 0.3) is 22.0 Å². The molecule has 0 N–H and O–H groups in total. The molecule has 0 atom stereocenters. The second kappa shape index (κ2) is 9.08. The number of aromatic nitrogens is 4. The molecular formula is C22H21F3N4O4. The fourth-order valence-electron chi connectivity index (χ4n) is 3.65. The number of nitrogens with zero attached hydrogens (tertiary/aromatic N) is 4. The number of fused-ring (bicyclic) bond motifs is 2. The molecule has 0 radical (unpaired) electrons. The lowest BCUT2D eigenvalue weighted by atomic mass is 10.0. The summed E-state index contributed by atoms with van der Waals surface area (Å²) in [5.74, 6) is 0.0224. The summed E-state index contributed by atoms with van der Waals surface area (Å²) < 4.78 is 56.8. The van der Waals surface area contributed by atoms with Gasteiger partial charge in [0.2, 0.25) is 0 Å². The van der Waals surface area contributed by atoms with E-state index in [1.807, 2.05) is 6.92 Å². The molecule has 0 aliphatic rings. The van der Waals surface area contributed by atoms with Gasteiger partial charge in [-0.1, -0.05) is 23.7 Å². The molecule has 0 spiro atoms. The van der Waals surface area contributed by atoms with Crippen LogP contribution in [-0.2, 0) is 23.9 Å². The maximum absolute atomic E-state index is 13.2. The lowest BCUT2D eigenvalue weighted by molar-refractivity contribution is -0.141. The molecule has 2 aromatic carbocycles. The van der Waals surface area contributed by atoms with Crippen molar-refractivity contribution in [3.05, 3.63) is 47.2 Å². The van der Waals surface area contributed by atoms with Gasteiger partial charge in [-0.05, 0) is 36.8 Å². The number of benzene rings is 2. The van der Waals surface area contributed by atoms with Crippen molar-refractivity contribution in [2.24, 2.45) is 0 Å². The van der Waals surface area contributed by atoms with Gasteiger partial charge in [-0.15, -0.1) is 5.10 Å². The highest BCUT2D eigenvalue weighted by atomic mass is 19.4. The molecule has 0 saturated carbocycles. The number of methoxy groups -OCH3 is 1. The Labute approximate surface area is 186 Å². The van der Waals surface area contributed by atoms with Crippen molar-refractivity contribution in [1.29, 1.82) is 0 Å². The zero-order valence-corrected chi connectivity index (χ0v) is 18.0. The summed E-state index contributed by atoms with van der Waals surface area (Å²) in [5, 5.41) is 11.3. The number of aryl methyl sites for hydroxylation is 2. The van der Waals surface area contributed by atoms with Crippen molar-refractivity contribution < 1.29 is 32.0 Å². The molecule has 8 nitrogen and oxygen atoms in total. The van der Waals surface area contributed by atoms with Crippen LogP contribution in [0.3, 0.4) is 0 Å². The second-order valence-corrected chi connectivity index (χ2v) is 7.41. The predicted molar refractivity (Wildman–Crippen MR) is 112 cm³/mol. The topological polar surface area (TPSA) is 92.3 Å². The smallest absolute Gasteiger partial charge is 0.437 e. The van der Waals surface area contributed by atoms with Gasteiger partial charge in [0.15, 0.2) is 11.3 Å². The van der Waals surface area contributed by atoms with Gasteiger partial charge >= 0.3 is 12.1 Å². The van der Waals surface area contributed by atoms with Gasteiger partial charge in [-0.3, -0.25) is 0 Å². The SMILES string of the molecule is CCCc1c(OCCCn2nnc3cc(C(=O)OC)ccc32)ccc2c(C(F)(F)F)noc12. The van der Waals surface area contributed by atoms with E-state index >= 15 is 0 Å². The van der Waals surface area contributed by atoms with Gasteiger partial charge < -0.3 is 14.0 Å². The molecule has 0 saturated heterocycles. The van der Waals surface area contributed by atoms with E-state index in [1.54, 1.807) is 22.9 Å². The molecule has 2 aromatic heterocycles. The Bertz CT molecular complexity index is 1300. The summed E-state index contributed by atoms with van der Waals surface area (Å²) in [6.07, 6.45) is -2.81. The van der Waals surface area contributed by atoms with E-state index in [4.69, 9.17) is 14.0 Å². The average molecular weight is 462 g/mol. The van der Waals surface area contributed by atoms with Crippen molar-refractivity contribution in [2.45, 2.75) is 38.9 Å². The highest BCUT2D eigenvalue weighted by Crippen LogP contribution is 2.38. The molecule has 0 aliphatic carbocycles. The molecule has 174 valence electrons. The summed E-state index contributed by atoms with van der Waals surface area (Å²) in [5.41, 5.74) is 1.36. The fraction of sp³-hybridized carbons (Fsp3) is 0.364. The van der Waals surface area contributed by atoms with E-state index in [0.717, 1.165) is 5.52 Å². The minimum Gasteiger partial charge on any atom is -0.493 e. The Hall–Kier alpha value is -3.63. The molecule has 0 aliphatic heterocycles. The number of halogens is 3. The van der Waals surface area contributed by atoms with Gasteiger partial charge in [0.25, 0.3) is 0 Å². The van der Waals surface area contributed by atoms with Crippen molar-refractivity contribution in [3.8, 4) is 5.75 Å². The molecule has 33 heavy (non-hydrogen) atoms. The Morgan fingerprint density at radius 2 is 2.03 bits per heavy atom. The Morgan fingerprint density at radius 3 is 2.76 bits per heavy atom. The highest BCUT2D eigenvalue weighted by molar-refractivity contribution is 5.93. The summed E-state index contributed by atoms with van der Waals surface area (Å²) >= 11 is 0. The van der Waals surface area contributed by atoms with Crippen molar-refractivity contribution in [3.63, 3.8) is 0 Å².